The summed E-state index contributed by atoms with van der Waals surface area (Å²) in [5, 5.41) is 0. The number of hydrogen-bond donors (Lipinski definition) is 0. The first-order valence-corrected chi connectivity index (χ1v) is 9.64. The standard InChI is InChI=1S/C22H22N2O3/c25-21(16-6-2-1-3-7-16)24-14-17-12-19(24)22(26)23(13-15-10-11-15)18-8-4-5-9-20(18)27-17/h1-9,15,17,19H,10-14H2. The first-order chi connectivity index (χ1) is 13.2. The molecule has 5 heteroatoms. The van der Waals surface area contributed by atoms with Crippen LogP contribution in [0.25, 0.3) is 0 Å². The normalized spacial score (nSPS) is 24.1. The Morgan fingerprint density at radius 1 is 1.04 bits per heavy atom. The van der Waals surface area contributed by atoms with Crippen LogP contribution in [0.2, 0.25) is 0 Å². The summed E-state index contributed by atoms with van der Waals surface area (Å²) in [5.41, 5.74) is 1.44. The third-order valence-corrected chi connectivity index (χ3v) is 5.68. The number of fused-ring (bicyclic) bond motifs is 3. The van der Waals surface area contributed by atoms with E-state index >= 15 is 0 Å². The predicted octanol–water partition coefficient (Wildman–Crippen LogP) is 3.11. The lowest BCUT2D eigenvalue weighted by molar-refractivity contribution is -0.122. The van der Waals surface area contributed by atoms with Crippen LogP contribution in [0.4, 0.5) is 5.69 Å². The minimum absolute atomic E-state index is 0.0180. The maximum atomic E-state index is 13.5. The van der Waals surface area contributed by atoms with Gasteiger partial charge in [0, 0.05) is 18.5 Å². The Labute approximate surface area is 158 Å². The third kappa shape index (κ3) is 2.97. The van der Waals surface area contributed by atoms with Gasteiger partial charge >= 0.3 is 0 Å². The number of anilines is 1. The molecule has 2 atom stereocenters. The fourth-order valence-electron chi connectivity index (χ4n) is 4.09. The van der Waals surface area contributed by atoms with Gasteiger partial charge in [-0.2, -0.15) is 0 Å². The van der Waals surface area contributed by atoms with Crippen LogP contribution in [0, 0.1) is 5.92 Å². The van der Waals surface area contributed by atoms with Crippen molar-refractivity contribution in [2.45, 2.75) is 31.4 Å². The van der Waals surface area contributed by atoms with Crippen LogP contribution in [0.3, 0.4) is 0 Å². The summed E-state index contributed by atoms with van der Waals surface area (Å²) in [7, 11) is 0. The van der Waals surface area contributed by atoms with E-state index in [1.54, 1.807) is 17.0 Å². The number of hydrogen-bond acceptors (Lipinski definition) is 3. The Balaban J connectivity index is 1.51. The number of carbonyl (C=O) groups excluding carboxylic acids is 2. The highest BCUT2D eigenvalue weighted by atomic mass is 16.5. The molecular formula is C22H22N2O3. The third-order valence-electron chi connectivity index (χ3n) is 5.68. The number of likely N-dealkylation sites (tertiary alicyclic amines) is 1. The van der Waals surface area contributed by atoms with Gasteiger partial charge in [-0.05, 0) is 43.0 Å². The molecule has 2 unspecified atom stereocenters. The monoisotopic (exact) mass is 362 g/mol. The summed E-state index contributed by atoms with van der Waals surface area (Å²) in [4.78, 5) is 30.1. The molecule has 27 heavy (non-hydrogen) atoms. The Morgan fingerprint density at radius 3 is 2.56 bits per heavy atom. The zero-order valence-electron chi connectivity index (χ0n) is 15.1. The van der Waals surface area contributed by atoms with E-state index in [1.807, 2.05) is 47.4 Å². The highest BCUT2D eigenvalue weighted by Crippen LogP contribution is 2.39. The first kappa shape index (κ1) is 16.4. The zero-order chi connectivity index (χ0) is 18.4. The first-order valence-electron chi connectivity index (χ1n) is 9.64. The van der Waals surface area contributed by atoms with E-state index in [2.05, 4.69) is 0 Å². The highest BCUT2D eigenvalue weighted by molar-refractivity contribution is 6.03. The van der Waals surface area contributed by atoms with Gasteiger partial charge in [-0.3, -0.25) is 9.59 Å². The molecule has 0 aromatic heterocycles. The van der Waals surface area contributed by atoms with Crippen molar-refractivity contribution >= 4 is 17.5 Å². The molecule has 1 saturated heterocycles. The molecule has 2 fully saturated rings. The van der Waals surface area contributed by atoms with Crippen molar-refractivity contribution in [3.8, 4) is 5.75 Å². The van der Waals surface area contributed by atoms with E-state index in [4.69, 9.17) is 4.74 Å². The van der Waals surface area contributed by atoms with Crippen molar-refractivity contribution in [2.75, 3.05) is 18.0 Å². The second-order valence-corrected chi connectivity index (χ2v) is 7.67. The molecule has 1 saturated carbocycles. The van der Waals surface area contributed by atoms with Crippen LogP contribution >= 0.6 is 0 Å². The lowest BCUT2D eigenvalue weighted by Gasteiger charge is -2.31. The van der Waals surface area contributed by atoms with Crippen LogP contribution in [0.1, 0.15) is 29.6 Å². The van der Waals surface area contributed by atoms with Crippen molar-refractivity contribution in [1.29, 1.82) is 0 Å². The van der Waals surface area contributed by atoms with Crippen LogP contribution in [0.15, 0.2) is 54.6 Å². The zero-order valence-corrected chi connectivity index (χ0v) is 15.1. The highest BCUT2D eigenvalue weighted by Gasteiger charge is 2.45. The number of nitrogens with zero attached hydrogens (tertiary/aromatic N) is 2. The molecule has 2 amide bonds. The van der Waals surface area contributed by atoms with Gasteiger partial charge in [0.1, 0.15) is 17.9 Å². The van der Waals surface area contributed by atoms with Crippen LogP contribution < -0.4 is 9.64 Å². The summed E-state index contributed by atoms with van der Waals surface area (Å²) < 4.78 is 6.24. The SMILES string of the molecule is O=C1C2CC(CN2C(=O)c2ccccc2)Oc2ccccc2N1CC1CC1. The molecule has 0 radical (unpaired) electrons. The van der Waals surface area contributed by atoms with Gasteiger partial charge < -0.3 is 14.5 Å². The number of benzene rings is 2. The maximum Gasteiger partial charge on any atom is 0.254 e. The molecule has 138 valence electrons. The van der Waals surface area contributed by atoms with Gasteiger partial charge in [0.25, 0.3) is 5.91 Å². The minimum atomic E-state index is -0.463. The van der Waals surface area contributed by atoms with E-state index in [0.29, 0.717) is 31.0 Å². The van der Waals surface area contributed by atoms with Crippen molar-refractivity contribution in [1.82, 2.24) is 4.90 Å². The number of carbonyl (C=O) groups is 2. The Kier molecular flexibility index (Phi) is 3.88. The lowest BCUT2D eigenvalue weighted by Crippen LogP contribution is -2.48. The smallest absolute Gasteiger partial charge is 0.254 e. The van der Waals surface area contributed by atoms with E-state index < -0.39 is 6.04 Å². The molecule has 2 bridgehead atoms. The van der Waals surface area contributed by atoms with Crippen LogP contribution in [-0.2, 0) is 4.79 Å². The summed E-state index contributed by atoms with van der Waals surface area (Å²) in [6, 6.07) is 16.5. The summed E-state index contributed by atoms with van der Waals surface area (Å²) in [6.45, 7) is 1.14. The predicted molar refractivity (Wildman–Crippen MR) is 102 cm³/mol. The molecule has 0 N–H and O–H groups in total. The second kappa shape index (κ2) is 6.41. The molecule has 2 heterocycles. The fourth-order valence-corrected chi connectivity index (χ4v) is 4.09. The fraction of sp³-hybridized carbons (Fsp3) is 0.364. The molecule has 0 spiro atoms. The Bertz CT molecular complexity index is 878. The van der Waals surface area contributed by atoms with Crippen LogP contribution in [-0.4, -0.2) is 41.9 Å². The number of rotatable bonds is 3. The summed E-state index contributed by atoms with van der Waals surface area (Å²) >= 11 is 0. The molecule has 2 aromatic rings. The number of para-hydroxylation sites is 2. The van der Waals surface area contributed by atoms with Crippen molar-refractivity contribution in [2.24, 2.45) is 5.92 Å². The van der Waals surface area contributed by atoms with Gasteiger partial charge in [0.15, 0.2) is 0 Å². The van der Waals surface area contributed by atoms with E-state index in [1.165, 1.54) is 0 Å². The number of amides is 2. The van der Waals surface area contributed by atoms with Crippen molar-refractivity contribution in [3.63, 3.8) is 0 Å². The summed E-state index contributed by atoms with van der Waals surface area (Å²) in [6.07, 6.45) is 2.71. The molecule has 2 aromatic carbocycles. The largest absolute Gasteiger partial charge is 0.486 e. The molecule has 5 rings (SSSR count). The van der Waals surface area contributed by atoms with Crippen molar-refractivity contribution < 1.29 is 14.3 Å². The number of ether oxygens (including phenoxy) is 1. The molecule has 5 nitrogen and oxygen atoms in total. The van der Waals surface area contributed by atoms with E-state index in [0.717, 1.165) is 24.3 Å². The van der Waals surface area contributed by atoms with Gasteiger partial charge in [-0.1, -0.05) is 30.3 Å². The van der Waals surface area contributed by atoms with Gasteiger partial charge in [-0.15, -0.1) is 0 Å². The minimum Gasteiger partial charge on any atom is -0.486 e. The van der Waals surface area contributed by atoms with Crippen molar-refractivity contribution in [3.05, 3.63) is 60.2 Å². The Morgan fingerprint density at radius 2 is 1.78 bits per heavy atom. The average Bonchev–Trinajstić information content (AvgIpc) is 3.42. The van der Waals surface area contributed by atoms with E-state index in [9.17, 15) is 9.59 Å². The second-order valence-electron chi connectivity index (χ2n) is 7.67. The molecule has 2 aliphatic heterocycles. The average molecular weight is 362 g/mol. The topological polar surface area (TPSA) is 49.9 Å². The quantitative estimate of drug-likeness (QED) is 0.843. The lowest BCUT2D eigenvalue weighted by atomic mass is 10.1. The van der Waals surface area contributed by atoms with Gasteiger partial charge in [0.05, 0.1) is 12.2 Å². The van der Waals surface area contributed by atoms with Gasteiger partial charge in [-0.25, -0.2) is 0 Å². The van der Waals surface area contributed by atoms with Gasteiger partial charge in [0.2, 0.25) is 5.91 Å². The molecule has 3 aliphatic rings. The maximum absolute atomic E-state index is 13.5. The summed E-state index contributed by atoms with van der Waals surface area (Å²) in [5.74, 6) is 1.21. The van der Waals surface area contributed by atoms with Crippen LogP contribution in [0.5, 0.6) is 5.75 Å². The molecular weight excluding hydrogens is 340 g/mol. The molecule has 1 aliphatic carbocycles. The Hall–Kier alpha value is -2.82. The van der Waals surface area contributed by atoms with E-state index in [-0.39, 0.29) is 17.9 Å².